The molecule has 0 radical (unpaired) electrons. The molecule has 0 aliphatic heterocycles. The van der Waals surface area contributed by atoms with Crippen molar-refractivity contribution >= 4 is 0 Å². The van der Waals surface area contributed by atoms with Gasteiger partial charge in [-0.2, -0.15) is 0 Å². The largest absolute Gasteiger partial charge is 0.388 e. The Morgan fingerprint density at radius 2 is 1.28 bits per heavy atom. The van der Waals surface area contributed by atoms with Gasteiger partial charge < -0.3 is 9.84 Å². The van der Waals surface area contributed by atoms with Crippen molar-refractivity contribution in [3.05, 3.63) is 0 Å². The molecule has 0 fully saturated rings. The third kappa shape index (κ3) is 12.4. The first-order valence-corrected chi connectivity index (χ1v) is 7.83. The van der Waals surface area contributed by atoms with Crippen molar-refractivity contribution in [2.75, 3.05) is 13.7 Å². The van der Waals surface area contributed by atoms with E-state index < -0.39 is 5.60 Å². The van der Waals surface area contributed by atoms with Gasteiger partial charge in [0.25, 0.3) is 0 Å². The zero-order valence-corrected chi connectivity index (χ0v) is 12.8. The number of aliphatic hydroxyl groups is 1. The molecule has 0 saturated heterocycles. The molecule has 0 aliphatic rings. The monoisotopic (exact) mass is 258 g/mol. The predicted octanol–water partition coefficient (Wildman–Crippen LogP) is 4.69. The lowest BCUT2D eigenvalue weighted by Gasteiger charge is -2.21. The highest BCUT2D eigenvalue weighted by molar-refractivity contribution is 4.71. The Labute approximate surface area is 114 Å². The first-order valence-electron chi connectivity index (χ1n) is 7.83. The van der Waals surface area contributed by atoms with Crippen molar-refractivity contribution in [1.29, 1.82) is 0 Å². The number of rotatable bonds is 13. The maximum Gasteiger partial charge on any atom is 0.0852 e. The maximum atomic E-state index is 9.91. The quantitative estimate of drug-likeness (QED) is 0.485. The summed E-state index contributed by atoms with van der Waals surface area (Å²) in [4.78, 5) is 0. The summed E-state index contributed by atoms with van der Waals surface area (Å²) in [6.07, 6.45) is 14.2. The third-order valence-electron chi connectivity index (χ3n) is 3.52. The summed E-state index contributed by atoms with van der Waals surface area (Å²) in [6, 6.07) is 0. The first kappa shape index (κ1) is 17.9. The Hall–Kier alpha value is -0.0800. The van der Waals surface area contributed by atoms with E-state index in [2.05, 4.69) is 6.92 Å². The molecule has 0 aliphatic carbocycles. The predicted molar refractivity (Wildman–Crippen MR) is 79.0 cm³/mol. The van der Waals surface area contributed by atoms with Gasteiger partial charge in [-0.05, 0) is 13.3 Å². The van der Waals surface area contributed by atoms with Crippen molar-refractivity contribution in [1.82, 2.24) is 0 Å². The lowest BCUT2D eigenvalue weighted by molar-refractivity contribution is -0.0242. The average molecular weight is 258 g/mol. The van der Waals surface area contributed by atoms with Gasteiger partial charge in [0.2, 0.25) is 0 Å². The Kier molecular flexibility index (Phi) is 11.9. The SMILES string of the molecule is CCCCCCCCCCCCC(C)(O)COC. The fourth-order valence-electron chi connectivity index (χ4n) is 2.38. The van der Waals surface area contributed by atoms with Crippen LogP contribution >= 0.6 is 0 Å². The lowest BCUT2D eigenvalue weighted by atomic mass is 9.98. The molecule has 0 aromatic carbocycles. The molecule has 2 nitrogen and oxygen atoms in total. The molecule has 1 unspecified atom stereocenters. The summed E-state index contributed by atoms with van der Waals surface area (Å²) in [5.41, 5.74) is -0.630. The van der Waals surface area contributed by atoms with E-state index in [9.17, 15) is 5.11 Å². The van der Waals surface area contributed by atoms with Crippen LogP contribution in [0.2, 0.25) is 0 Å². The van der Waals surface area contributed by atoms with E-state index in [0.717, 1.165) is 12.8 Å². The van der Waals surface area contributed by atoms with Crippen LogP contribution in [0.3, 0.4) is 0 Å². The number of ether oxygens (including phenoxy) is 1. The summed E-state index contributed by atoms with van der Waals surface area (Å²) >= 11 is 0. The Morgan fingerprint density at radius 1 is 0.833 bits per heavy atom. The van der Waals surface area contributed by atoms with E-state index in [1.807, 2.05) is 6.92 Å². The van der Waals surface area contributed by atoms with Crippen molar-refractivity contribution in [3.63, 3.8) is 0 Å². The number of unbranched alkanes of at least 4 members (excludes halogenated alkanes) is 9. The zero-order chi connectivity index (χ0) is 13.7. The minimum atomic E-state index is -0.630. The van der Waals surface area contributed by atoms with Gasteiger partial charge >= 0.3 is 0 Å². The van der Waals surface area contributed by atoms with Crippen molar-refractivity contribution in [2.24, 2.45) is 0 Å². The van der Waals surface area contributed by atoms with Crippen LogP contribution in [-0.4, -0.2) is 24.4 Å². The highest BCUT2D eigenvalue weighted by Gasteiger charge is 2.18. The summed E-state index contributed by atoms with van der Waals surface area (Å²) in [6.45, 7) is 4.58. The van der Waals surface area contributed by atoms with Gasteiger partial charge in [-0.25, -0.2) is 0 Å². The molecule has 0 rings (SSSR count). The third-order valence-corrected chi connectivity index (χ3v) is 3.52. The maximum absolute atomic E-state index is 9.91. The topological polar surface area (TPSA) is 29.5 Å². The molecule has 0 saturated carbocycles. The average Bonchev–Trinajstić information content (AvgIpc) is 2.31. The molecule has 0 amide bonds. The van der Waals surface area contributed by atoms with Gasteiger partial charge in [-0.1, -0.05) is 71.1 Å². The normalized spacial score (nSPS) is 14.7. The molecule has 0 aromatic heterocycles. The number of hydrogen-bond acceptors (Lipinski definition) is 2. The van der Waals surface area contributed by atoms with E-state index in [1.165, 1.54) is 57.8 Å². The highest BCUT2D eigenvalue weighted by atomic mass is 16.5. The second-order valence-electron chi connectivity index (χ2n) is 5.86. The molecule has 110 valence electrons. The van der Waals surface area contributed by atoms with Crippen molar-refractivity contribution < 1.29 is 9.84 Å². The van der Waals surface area contributed by atoms with Crippen LogP contribution in [-0.2, 0) is 4.74 Å². The van der Waals surface area contributed by atoms with Crippen LogP contribution < -0.4 is 0 Å². The van der Waals surface area contributed by atoms with Gasteiger partial charge in [0, 0.05) is 7.11 Å². The fourth-order valence-corrected chi connectivity index (χ4v) is 2.38. The zero-order valence-electron chi connectivity index (χ0n) is 12.8. The van der Waals surface area contributed by atoms with Crippen molar-refractivity contribution in [2.45, 2.75) is 90.1 Å². The molecule has 0 spiro atoms. The van der Waals surface area contributed by atoms with E-state index in [0.29, 0.717) is 6.61 Å². The molecule has 0 bridgehead atoms. The molecule has 0 heterocycles. The van der Waals surface area contributed by atoms with Crippen LogP contribution in [0.25, 0.3) is 0 Å². The minimum absolute atomic E-state index is 0.449. The van der Waals surface area contributed by atoms with Crippen LogP contribution in [0.5, 0.6) is 0 Å². The molecule has 1 N–H and O–H groups in total. The summed E-state index contributed by atoms with van der Waals surface area (Å²) in [5.74, 6) is 0. The number of hydrogen-bond donors (Lipinski definition) is 1. The molecule has 2 heteroatoms. The standard InChI is InChI=1S/C16H34O2/c1-4-5-6-7-8-9-10-11-12-13-14-16(2,17)15-18-3/h17H,4-15H2,1-3H3. The minimum Gasteiger partial charge on any atom is -0.388 e. The van der Waals surface area contributed by atoms with Crippen molar-refractivity contribution in [3.8, 4) is 0 Å². The van der Waals surface area contributed by atoms with Gasteiger partial charge in [-0.15, -0.1) is 0 Å². The fraction of sp³-hybridized carbons (Fsp3) is 1.00. The highest BCUT2D eigenvalue weighted by Crippen LogP contribution is 2.16. The van der Waals surface area contributed by atoms with E-state index >= 15 is 0 Å². The summed E-state index contributed by atoms with van der Waals surface area (Å²) in [5, 5.41) is 9.91. The van der Waals surface area contributed by atoms with E-state index in [-0.39, 0.29) is 0 Å². The summed E-state index contributed by atoms with van der Waals surface area (Å²) < 4.78 is 5.00. The van der Waals surface area contributed by atoms with E-state index in [4.69, 9.17) is 4.74 Å². The van der Waals surface area contributed by atoms with Gasteiger partial charge in [-0.3, -0.25) is 0 Å². The van der Waals surface area contributed by atoms with E-state index in [1.54, 1.807) is 7.11 Å². The molecular formula is C16H34O2. The van der Waals surface area contributed by atoms with Gasteiger partial charge in [0.15, 0.2) is 0 Å². The first-order chi connectivity index (χ1) is 8.62. The molecule has 18 heavy (non-hydrogen) atoms. The van der Waals surface area contributed by atoms with Crippen LogP contribution in [0, 0.1) is 0 Å². The lowest BCUT2D eigenvalue weighted by Crippen LogP contribution is -2.29. The Bertz CT molecular complexity index is 166. The Balaban J connectivity index is 3.16. The second-order valence-corrected chi connectivity index (χ2v) is 5.86. The second kappa shape index (κ2) is 12.0. The summed E-state index contributed by atoms with van der Waals surface area (Å²) in [7, 11) is 1.65. The molecule has 0 aromatic rings. The van der Waals surface area contributed by atoms with Crippen LogP contribution in [0.1, 0.15) is 84.5 Å². The number of methoxy groups -OCH3 is 1. The Morgan fingerprint density at radius 3 is 1.72 bits per heavy atom. The van der Waals surface area contributed by atoms with Gasteiger partial charge in [0.1, 0.15) is 0 Å². The molecule has 1 atom stereocenters. The van der Waals surface area contributed by atoms with Crippen LogP contribution in [0.4, 0.5) is 0 Å². The molecular weight excluding hydrogens is 224 g/mol. The van der Waals surface area contributed by atoms with Crippen LogP contribution in [0.15, 0.2) is 0 Å². The smallest absolute Gasteiger partial charge is 0.0852 e. The van der Waals surface area contributed by atoms with Gasteiger partial charge in [0.05, 0.1) is 12.2 Å².